The largest absolute Gasteiger partial charge is 0.371 e. The van der Waals surface area contributed by atoms with Gasteiger partial charge in [0.2, 0.25) is 0 Å². The van der Waals surface area contributed by atoms with Crippen LogP contribution < -0.4 is 4.90 Å². The van der Waals surface area contributed by atoms with Crippen LogP contribution in [0, 0.1) is 6.92 Å². The van der Waals surface area contributed by atoms with Gasteiger partial charge in [0, 0.05) is 55.2 Å². The van der Waals surface area contributed by atoms with Gasteiger partial charge in [-0.2, -0.15) is 0 Å². The Hall–Kier alpha value is -2.69. The molecule has 1 atom stereocenters. The molecule has 25 heavy (non-hydrogen) atoms. The van der Waals surface area contributed by atoms with Gasteiger partial charge < -0.3 is 9.47 Å². The second-order valence-corrected chi connectivity index (χ2v) is 6.68. The minimum atomic E-state index is 0.445. The predicted molar refractivity (Wildman–Crippen MR) is 98.7 cm³/mol. The Morgan fingerprint density at radius 3 is 2.88 bits per heavy atom. The van der Waals surface area contributed by atoms with Crippen LogP contribution >= 0.6 is 0 Å². The third kappa shape index (κ3) is 3.55. The van der Waals surface area contributed by atoms with E-state index in [2.05, 4.69) is 48.8 Å². The van der Waals surface area contributed by atoms with Gasteiger partial charge in [-0.3, -0.25) is 9.97 Å². The highest BCUT2D eigenvalue weighted by atomic mass is 15.2. The number of rotatable bonds is 4. The average Bonchev–Trinajstić information content (AvgIpc) is 3.11. The topological polar surface area (TPSA) is 46.8 Å². The summed E-state index contributed by atoms with van der Waals surface area (Å²) in [5, 5.41) is 0. The Kier molecular flexibility index (Phi) is 4.46. The van der Waals surface area contributed by atoms with Crippen LogP contribution in [0.5, 0.6) is 0 Å². The lowest BCUT2D eigenvalue weighted by Crippen LogP contribution is -2.35. The summed E-state index contributed by atoms with van der Waals surface area (Å²) in [6, 6.07) is 10.3. The minimum Gasteiger partial charge on any atom is -0.371 e. The number of hydrogen-bond donors (Lipinski definition) is 0. The fourth-order valence-electron chi connectivity index (χ4n) is 3.63. The number of hydrogen-bond acceptors (Lipinski definition) is 4. The van der Waals surface area contributed by atoms with Crippen molar-refractivity contribution in [1.29, 1.82) is 0 Å². The molecule has 5 heteroatoms. The zero-order chi connectivity index (χ0) is 17.1. The highest BCUT2D eigenvalue weighted by Crippen LogP contribution is 2.29. The first-order valence-corrected chi connectivity index (χ1v) is 8.88. The first kappa shape index (κ1) is 15.8. The van der Waals surface area contributed by atoms with Crippen LogP contribution in [-0.2, 0) is 6.54 Å². The highest BCUT2D eigenvalue weighted by Gasteiger charge is 2.25. The smallest absolute Gasteiger partial charge is 0.113 e. The van der Waals surface area contributed by atoms with Crippen molar-refractivity contribution in [1.82, 2.24) is 19.5 Å². The van der Waals surface area contributed by atoms with Gasteiger partial charge in [-0.05, 0) is 44.0 Å². The summed E-state index contributed by atoms with van der Waals surface area (Å²) in [7, 11) is 0. The van der Waals surface area contributed by atoms with Crippen LogP contribution in [0.1, 0.15) is 36.0 Å². The Bertz CT molecular complexity index is 827. The van der Waals surface area contributed by atoms with Gasteiger partial charge in [-0.1, -0.05) is 6.07 Å². The monoisotopic (exact) mass is 333 g/mol. The van der Waals surface area contributed by atoms with E-state index in [4.69, 9.17) is 0 Å². The van der Waals surface area contributed by atoms with Gasteiger partial charge >= 0.3 is 0 Å². The van der Waals surface area contributed by atoms with Gasteiger partial charge in [0.25, 0.3) is 0 Å². The van der Waals surface area contributed by atoms with Gasteiger partial charge in [-0.25, -0.2) is 4.98 Å². The Labute approximate surface area is 148 Å². The molecule has 0 amide bonds. The molecule has 4 heterocycles. The number of aromatic nitrogens is 4. The van der Waals surface area contributed by atoms with E-state index in [1.807, 2.05) is 37.6 Å². The molecule has 1 aliphatic heterocycles. The first-order chi connectivity index (χ1) is 12.3. The predicted octanol–water partition coefficient (Wildman–Crippen LogP) is 3.41. The van der Waals surface area contributed by atoms with E-state index in [-0.39, 0.29) is 0 Å². The summed E-state index contributed by atoms with van der Waals surface area (Å²) in [6.07, 6.45) is 10.1. The van der Waals surface area contributed by atoms with Gasteiger partial charge in [0.1, 0.15) is 5.82 Å². The molecule has 0 aromatic carbocycles. The van der Waals surface area contributed by atoms with E-state index in [9.17, 15) is 0 Å². The van der Waals surface area contributed by atoms with Crippen LogP contribution in [0.15, 0.2) is 55.1 Å². The molecule has 3 aromatic heterocycles. The Morgan fingerprint density at radius 1 is 1.08 bits per heavy atom. The van der Waals surface area contributed by atoms with Crippen molar-refractivity contribution in [3.8, 4) is 0 Å². The molecular weight excluding hydrogens is 310 g/mol. The maximum Gasteiger partial charge on any atom is 0.113 e. The third-order valence-electron chi connectivity index (χ3n) is 4.84. The number of pyridine rings is 2. The summed E-state index contributed by atoms with van der Waals surface area (Å²) in [5.74, 6) is 1.61. The summed E-state index contributed by atoms with van der Waals surface area (Å²) < 4.78 is 2.24. The fourth-order valence-corrected chi connectivity index (χ4v) is 3.63. The second kappa shape index (κ2) is 7.05. The highest BCUT2D eigenvalue weighted by molar-refractivity contribution is 5.47. The molecule has 0 aliphatic carbocycles. The van der Waals surface area contributed by atoms with Crippen LogP contribution in [0.25, 0.3) is 0 Å². The quantitative estimate of drug-likeness (QED) is 0.734. The van der Waals surface area contributed by atoms with Crippen molar-refractivity contribution in [2.24, 2.45) is 0 Å². The van der Waals surface area contributed by atoms with E-state index in [0.717, 1.165) is 31.0 Å². The van der Waals surface area contributed by atoms with Crippen LogP contribution in [0.3, 0.4) is 0 Å². The number of nitrogens with zero attached hydrogens (tertiary/aromatic N) is 5. The van der Waals surface area contributed by atoms with Gasteiger partial charge in [0.15, 0.2) is 0 Å². The van der Waals surface area contributed by atoms with E-state index < -0.39 is 0 Å². The lowest BCUT2D eigenvalue weighted by molar-refractivity contribution is 0.475. The van der Waals surface area contributed by atoms with Crippen molar-refractivity contribution < 1.29 is 0 Å². The maximum atomic E-state index is 4.68. The molecule has 1 saturated heterocycles. The standard InChI is InChI=1S/C20H23N5/c1-16-13-19(7-9-21-16)24-11-4-5-17(14-24)20-23-10-12-25(20)15-18-6-2-3-8-22-18/h2-3,6-10,12-13,17H,4-5,11,14-15H2,1H3/t17-/m0/s1. The van der Waals surface area contributed by atoms with E-state index in [0.29, 0.717) is 5.92 Å². The second-order valence-electron chi connectivity index (χ2n) is 6.68. The van der Waals surface area contributed by atoms with Crippen LogP contribution in [0.2, 0.25) is 0 Å². The molecule has 0 unspecified atom stereocenters. The molecule has 1 fully saturated rings. The minimum absolute atomic E-state index is 0.445. The van der Waals surface area contributed by atoms with E-state index in [1.54, 1.807) is 0 Å². The number of piperidine rings is 1. The fraction of sp³-hybridized carbons (Fsp3) is 0.350. The van der Waals surface area contributed by atoms with Gasteiger partial charge in [-0.15, -0.1) is 0 Å². The van der Waals surface area contributed by atoms with Crippen molar-refractivity contribution >= 4 is 5.69 Å². The SMILES string of the molecule is Cc1cc(N2CCC[C@H](c3nccn3Cc3ccccn3)C2)ccn1. The molecule has 0 bridgehead atoms. The summed E-state index contributed by atoms with van der Waals surface area (Å²) in [6.45, 7) is 4.93. The average molecular weight is 333 g/mol. The Morgan fingerprint density at radius 2 is 2.04 bits per heavy atom. The molecule has 0 radical (unpaired) electrons. The van der Waals surface area contributed by atoms with Crippen molar-refractivity contribution in [2.45, 2.75) is 32.2 Å². The van der Waals surface area contributed by atoms with Crippen molar-refractivity contribution in [2.75, 3.05) is 18.0 Å². The number of imidazole rings is 1. The van der Waals surface area contributed by atoms with Crippen LogP contribution in [-0.4, -0.2) is 32.6 Å². The van der Waals surface area contributed by atoms with E-state index in [1.165, 1.54) is 24.4 Å². The molecule has 0 saturated carbocycles. The summed E-state index contributed by atoms with van der Waals surface area (Å²) >= 11 is 0. The number of aryl methyl sites for hydroxylation is 1. The molecule has 0 N–H and O–H groups in total. The van der Waals surface area contributed by atoms with E-state index >= 15 is 0 Å². The maximum absolute atomic E-state index is 4.68. The zero-order valence-electron chi connectivity index (χ0n) is 14.5. The van der Waals surface area contributed by atoms with Crippen LogP contribution in [0.4, 0.5) is 5.69 Å². The molecule has 128 valence electrons. The molecule has 0 spiro atoms. The molecule has 4 rings (SSSR count). The molecule has 5 nitrogen and oxygen atoms in total. The first-order valence-electron chi connectivity index (χ1n) is 8.88. The van der Waals surface area contributed by atoms with Crippen molar-refractivity contribution in [3.63, 3.8) is 0 Å². The third-order valence-corrected chi connectivity index (χ3v) is 4.84. The zero-order valence-corrected chi connectivity index (χ0v) is 14.5. The lowest BCUT2D eigenvalue weighted by atomic mass is 9.96. The lowest BCUT2D eigenvalue weighted by Gasteiger charge is -2.34. The molecule has 1 aliphatic rings. The summed E-state index contributed by atoms with van der Waals surface area (Å²) in [5.41, 5.74) is 3.40. The normalized spacial score (nSPS) is 17.6. The number of anilines is 1. The van der Waals surface area contributed by atoms with Gasteiger partial charge in [0.05, 0.1) is 12.2 Å². The Balaban J connectivity index is 1.53. The molecular formula is C20H23N5. The van der Waals surface area contributed by atoms with Crippen molar-refractivity contribution in [3.05, 3.63) is 72.3 Å². The summed E-state index contributed by atoms with van der Waals surface area (Å²) in [4.78, 5) is 15.9. The molecule has 3 aromatic rings.